The van der Waals surface area contributed by atoms with Crippen LogP contribution in [0.4, 0.5) is 0 Å². The van der Waals surface area contributed by atoms with E-state index in [0.717, 1.165) is 6.42 Å². The van der Waals surface area contributed by atoms with Gasteiger partial charge in [0.2, 0.25) is 0 Å². The zero-order chi connectivity index (χ0) is 23.4. The van der Waals surface area contributed by atoms with Crippen molar-refractivity contribution in [3.63, 3.8) is 0 Å². The van der Waals surface area contributed by atoms with Crippen molar-refractivity contribution in [3.8, 4) is 0 Å². The van der Waals surface area contributed by atoms with Crippen LogP contribution < -0.4 is 0 Å². The molecular weight excluding hydrogens is 388 g/mol. The van der Waals surface area contributed by atoms with Crippen LogP contribution in [0.25, 0.3) is 0 Å². The maximum Gasteiger partial charge on any atom is 0.155 e. The number of ketones is 1. The molecule has 0 bridgehead atoms. The van der Waals surface area contributed by atoms with E-state index < -0.39 is 0 Å². The van der Waals surface area contributed by atoms with Gasteiger partial charge in [-0.3, -0.25) is 4.79 Å². The van der Waals surface area contributed by atoms with Gasteiger partial charge in [0.05, 0.1) is 0 Å². The van der Waals surface area contributed by atoms with Crippen LogP contribution in [0.15, 0.2) is 12.7 Å². The Morgan fingerprint density at radius 2 is 0.656 bits per heavy atom. The van der Waals surface area contributed by atoms with Crippen molar-refractivity contribution in [1.82, 2.24) is 0 Å². The molecule has 0 atom stereocenters. The number of unbranched alkanes of at least 4 members (excludes halogenated alkanes) is 25. The van der Waals surface area contributed by atoms with Crippen LogP contribution in [-0.2, 0) is 4.79 Å². The predicted molar refractivity (Wildman–Crippen MR) is 146 cm³/mol. The van der Waals surface area contributed by atoms with E-state index in [1.807, 2.05) is 0 Å². The van der Waals surface area contributed by atoms with Gasteiger partial charge in [-0.15, -0.1) is 0 Å². The van der Waals surface area contributed by atoms with Crippen LogP contribution in [0.1, 0.15) is 180 Å². The molecule has 0 saturated carbocycles. The third-order valence-corrected chi connectivity index (χ3v) is 7.00. The zero-order valence-corrected chi connectivity index (χ0v) is 22.3. The molecule has 0 heterocycles. The molecule has 0 radical (unpaired) electrons. The number of carbonyl (C=O) groups excluding carboxylic acids is 1. The van der Waals surface area contributed by atoms with E-state index in [9.17, 15) is 4.79 Å². The first-order valence-corrected chi connectivity index (χ1v) is 15.0. The second-order valence-electron chi connectivity index (χ2n) is 10.3. The Morgan fingerprint density at radius 1 is 0.438 bits per heavy atom. The molecule has 32 heavy (non-hydrogen) atoms. The first-order chi connectivity index (χ1) is 15.8. The molecule has 0 aromatic heterocycles. The van der Waals surface area contributed by atoms with Crippen molar-refractivity contribution < 1.29 is 4.79 Å². The lowest BCUT2D eigenvalue weighted by Gasteiger charge is -2.04. The summed E-state index contributed by atoms with van der Waals surface area (Å²) < 4.78 is 0. The molecule has 0 aliphatic carbocycles. The Kier molecular flexibility index (Phi) is 27.9. The highest BCUT2D eigenvalue weighted by Gasteiger charge is 1.97. The maximum absolute atomic E-state index is 11.1. The second-order valence-corrected chi connectivity index (χ2v) is 10.3. The lowest BCUT2D eigenvalue weighted by Crippen LogP contribution is -1.91. The summed E-state index contributed by atoms with van der Waals surface area (Å²) in [5.74, 6) is 0.203. The van der Waals surface area contributed by atoms with Crippen LogP contribution in [0, 0.1) is 0 Å². The summed E-state index contributed by atoms with van der Waals surface area (Å²) in [6.07, 6.45) is 39.0. The molecule has 0 rings (SSSR count). The Hall–Kier alpha value is -0.590. The molecule has 0 aliphatic rings. The third kappa shape index (κ3) is 27.4. The van der Waals surface area contributed by atoms with Crippen molar-refractivity contribution in [2.75, 3.05) is 0 Å². The maximum atomic E-state index is 11.1. The molecule has 0 aliphatic heterocycles. The average molecular weight is 449 g/mol. The van der Waals surface area contributed by atoms with E-state index in [4.69, 9.17) is 0 Å². The number of allylic oxidation sites excluding steroid dienone is 1. The lowest BCUT2D eigenvalue weighted by molar-refractivity contribution is -0.114. The van der Waals surface area contributed by atoms with Gasteiger partial charge in [0.15, 0.2) is 5.78 Å². The molecule has 0 aromatic carbocycles. The van der Waals surface area contributed by atoms with Crippen molar-refractivity contribution in [2.24, 2.45) is 0 Å². The molecule has 0 amide bonds. The standard InChI is InChI=1S/C31H60O/c1-3-5-6-7-8-9-10-11-12-13-14-15-16-17-18-19-20-21-22-23-24-25-26-27-28-29-30-31(32)4-2/h4H,2-3,5-30H2,1H3. The number of carbonyl (C=O) groups is 1. The van der Waals surface area contributed by atoms with Gasteiger partial charge in [0, 0.05) is 6.42 Å². The summed E-state index contributed by atoms with van der Waals surface area (Å²) in [4.78, 5) is 11.1. The first-order valence-electron chi connectivity index (χ1n) is 15.0. The Labute approximate surface area is 203 Å². The molecule has 0 unspecified atom stereocenters. The molecule has 1 nitrogen and oxygen atoms in total. The summed E-state index contributed by atoms with van der Waals surface area (Å²) in [5.41, 5.74) is 0. The van der Waals surface area contributed by atoms with Gasteiger partial charge in [-0.1, -0.05) is 174 Å². The number of rotatable bonds is 28. The van der Waals surface area contributed by atoms with E-state index in [-0.39, 0.29) is 5.78 Å². The quantitative estimate of drug-likeness (QED) is 0.0858. The van der Waals surface area contributed by atoms with Crippen molar-refractivity contribution in [3.05, 3.63) is 12.7 Å². The third-order valence-electron chi connectivity index (χ3n) is 7.00. The molecule has 0 aromatic rings. The molecule has 0 N–H and O–H groups in total. The highest BCUT2D eigenvalue weighted by Crippen LogP contribution is 2.16. The van der Waals surface area contributed by atoms with Gasteiger partial charge in [0.1, 0.15) is 0 Å². The molecule has 1 heteroatoms. The van der Waals surface area contributed by atoms with Crippen LogP contribution in [0.2, 0.25) is 0 Å². The van der Waals surface area contributed by atoms with Gasteiger partial charge in [-0.2, -0.15) is 0 Å². The average Bonchev–Trinajstić information content (AvgIpc) is 2.81. The van der Waals surface area contributed by atoms with Gasteiger partial charge in [0.25, 0.3) is 0 Å². The number of hydrogen-bond donors (Lipinski definition) is 0. The summed E-state index contributed by atoms with van der Waals surface area (Å²) in [6, 6.07) is 0. The van der Waals surface area contributed by atoms with E-state index in [0.29, 0.717) is 6.42 Å². The fourth-order valence-corrected chi connectivity index (χ4v) is 4.72. The Bertz CT molecular complexity index is 373. The predicted octanol–water partition coefficient (Wildman–Crippen LogP) is 11.3. The molecule has 0 saturated heterocycles. The van der Waals surface area contributed by atoms with Crippen molar-refractivity contribution in [1.29, 1.82) is 0 Å². The van der Waals surface area contributed by atoms with Gasteiger partial charge < -0.3 is 0 Å². The first kappa shape index (κ1) is 31.4. The van der Waals surface area contributed by atoms with Crippen LogP contribution in [0.3, 0.4) is 0 Å². The molecule has 0 spiro atoms. The largest absolute Gasteiger partial charge is 0.295 e. The molecular formula is C31H60O. The molecule has 0 fully saturated rings. The highest BCUT2D eigenvalue weighted by atomic mass is 16.1. The van der Waals surface area contributed by atoms with Gasteiger partial charge in [-0.25, -0.2) is 0 Å². The van der Waals surface area contributed by atoms with Gasteiger partial charge in [-0.05, 0) is 12.5 Å². The normalized spacial score (nSPS) is 11.2. The lowest BCUT2D eigenvalue weighted by atomic mass is 10.0. The SMILES string of the molecule is C=CC(=O)CCCCCCCCCCCCCCCCCCCCCCCCCCCC. The number of hydrogen-bond acceptors (Lipinski definition) is 1. The van der Waals surface area contributed by atoms with E-state index in [2.05, 4.69) is 13.5 Å². The zero-order valence-electron chi connectivity index (χ0n) is 22.3. The van der Waals surface area contributed by atoms with Crippen LogP contribution in [0.5, 0.6) is 0 Å². The van der Waals surface area contributed by atoms with Crippen LogP contribution >= 0.6 is 0 Å². The van der Waals surface area contributed by atoms with Crippen molar-refractivity contribution in [2.45, 2.75) is 180 Å². The summed E-state index contributed by atoms with van der Waals surface area (Å²) >= 11 is 0. The fraction of sp³-hybridized carbons (Fsp3) is 0.903. The topological polar surface area (TPSA) is 17.1 Å². The monoisotopic (exact) mass is 448 g/mol. The minimum absolute atomic E-state index is 0.203. The second kappa shape index (κ2) is 28.4. The minimum atomic E-state index is 0.203. The highest BCUT2D eigenvalue weighted by molar-refractivity contribution is 5.88. The molecule has 190 valence electrons. The van der Waals surface area contributed by atoms with Crippen LogP contribution in [-0.4, -0.2) is 5.78 Å². The summed E-state index contributed by atoms with van der Waals surface area (Å²) in [6.45, 7) is 5.82. The fourth-order valence-electron chi connectivity index (χ4n) is 4.72. The summed E-state index contributed by atoms with van der Waals surface area (Å²) in [7, 11) is 0. The Morgan fingerprint density at radius 3 is 0.875 bits per heavy atom. The summed E-state index contributed by atoms with van der Waals surface area (Å²) in [5, 5.41) is 0. The Balaban J connectivity index is 3.02. The van der Waals surface area contributed by atoms with Gasteiger partial charge >= 0.3 is 0 Å². The smallest absolute Gasteiger partial charge is 0.155 e. The van der Waals surface area contributed by atoms with E-state index in [1.54, 1.807) is 0 Å². The van der Waals surface area contributed by atoms with Crippen molar-refractivity contribution >= 4 is 5.78 Å². The van der Waals surface area contributed by atoms with E-state index in [1.165, 1.54) is 167 Å². The van der Waals surface area contributed by atoms with E-state index >= 15 is 0 Å². The minimum Gasteiger partial charge on any atom is -0.295 e.